The summed E-state index contributed by atoms with van der Waals surface area (Å²) in [5, 5.41) is 1.20. The van der Waals surface area contributed by atoms with E-state index in [9.17, 15) is 0 Å². The molecule has 0 aliphatic heterocycles. The Bertz CT molecular complexity index is 475. The van der Waals surface area contributed by atoms with Crippen LogP contribution >= 0.6 is 0 Å². The SMILES string of the molecule is CCc1ncnc2ccc(C(C)C)cc12. The molecule has 0 atom stereocenters. The van der Waals surface area contributed by atoms with Crippen molar-refractivity contribution in [1.29, 1.82) is 0 Å². The van der Waals surface area contributed by atoms with Crippen LogP contribution in [0.4, 0.5) is 0 Å². The van der Waals surface area contributed by atoms with Gasteiger partial charge in [0.05, 0.1) is 11.2 Å². The van der Waals surface area contributed by atoms with E-state index in [-0.39, 0.29) is 0 Å². The lowest BCUT2D eigenvalue weighted by Crippen LogP contribution is -1.94. The van der Waals surface area contributed by atoms with E-state index in [1.165, 1.54) is 10.9 Å². The lowest BCUT2D eigenvalue weighted by molar-refractivity contribution is 0.867. The van der Waals surface area contributed by atoms with Crippen LogP contribution in [0, 0.1) is 0 Å². The first-order valence-electron chi connectivity index (χ1n) is 5.46. The topological polar surface area (TPSA) is 25.8 Å². The van der Waals surface area contributed by atoms with Crippen LogP contribution < -0.4 is 0 Å². The molecule has 15 heavy (non-hydrogen) atoms. The lowest BCUT2D eigenvalue weighted by atomic mass is 10.00. The van der Waals surface area contributed by atoms with Gasteiger partial charge >= 0.3 is 0 Å². The molecule has 2 heteroatoms. The largest absolute Gasteiger partial charge is 0.241 e. The van der Waals surface area contributed by atoms with Crippen LogP contribution in [0.2, 0.25) is 0 Å². The summed E-state index contributed by atoms with van der Waals surface area (Å²) >= 11 is 0. The highest BCUT2D eigenvalue weighted by molar-refractivity contribution is 5.81. The Morgan fingerprint density at radius 2 is 2.00 bits per heavy atom. The highest BCUT2D eigenvalue weighted by atomic mass is 14.8. The third kappa shape index (κ3) is 1.84. The highest BCUT2D eigenvalue weighted by Gasteiger charge is 2.04. The predicted molar refractivity (Wildman–Crippen MR) is 63.0 cm³/mol. The Hall–Kier alpha value is -1.44. The molecule has 0 radical (unpaired) electrons. The molecule has 1 aromatic heterocycles. The van der Waals surface area contributed by atoms with Crippen molar-refractivity contribution >= 4 is 10.9 Å². The van der Waals surface area contributed by atoms with E-state index >= 15 is 0 Å². The van der Waals surface area contributed by atoms with Gasteiger partial charge in [0.1, 0.15) is 6.33 Å². The molecule has 78 valence electrons. The number of aryl methyl sites for hydroxylation is 1. The monoisotopic (exact) mass is 200 g/mol. The number of hydrogen-bond acceptors (Lipinski definition) is 2. The van der Waals surface area contributed by atoms with E-state index in [0.717, 1.165) is 17.6 Å². The van der Waals surface area contributed by atoms with Crippen molar-refractivity contribution in [1.82, 2.24) is 9.97 Å². The molecule has 0 bridgehead atoms. The van der Waals surface area contributed by atoms with E-state index in [4.69, 9.17) is 0 Å². The van der Waals surface area contributed by atoms with Crippen LogP contribution in [-0.2, 0) is 6.42 Å². The molecule has 2 nitrogen and oxygen atoms in total. The van der Waals surface area contributed by atoms with Crippen molar-refractivity contribution in [2.24, 2.45) is 0 Å². The fourth-order valence-electron chi connectivity index (χ4n) is 1.77. The van der Waals surface area contributed by atoms with E-state index in [1.54, 1.807) is 6.33 Å². The summed E-state index contributed by atoms with van der Waals surface area (Å²) in [5.41, 5.74) is 3.54. The minimum absolute atomic E-state index is 0.555. The highest BCUT2D eigenvalue weighted by Crippen LogP contribution is 2.21. The van der Waals surface area contributed by atoms with E-state index in [0.29, 0.717) is 5.92 Å². The van der Waals surface area contributed by atoms with Crippen molar-refractivity contribution in [3.63, 3.8) is 0 Å². The first-order chi connectivity index (χ1) is 7.22. The zero-order valence-corrected chi connectivity index (χ0v) is 9.49. The molecule has 0 spiro atoms. The van der Waals surface area contributed by atoms with Crippen LogP contribution in [0.25, 0.3) is 10.9 Å². The fourth-order valence-corrected chi connectivity index (χ4v) is 1.77. The van der Waals surface area contributed by atoms with Gasteiger partial charge in [-0.3, -0.25) is 0 Å². The van der Waals surface area contributed by atoms with Crippen molar-refractivity contribution in [3.05, 3.63) is 35.8 Å². The van der Waals surface area contributed by atoms with Gasteiger partial charge in [-0.25, -0.2) is 9.97 Å². The van der Waals surface area contributed by atoms with Crippen molar-refractivity contribution < 1.29 is 0 Å². The maximum Gasteiger partial charge on any atom is 0.116 e. The molecule has 0 saturated carbocycles. The van der Waals surface area contributed by atoms with Crippen LogP contribution in [0.15, 0.2) is 24.5 Å². The summed E-state index contributed by atoms with van der Waals surface area (Å²) in [4.78, 5) is 8.59. The summed E-state index contributed by atoms with van der Waals surface area (Å²) < 4.78 is 0. The minimum Gasteiger partial charge on any atom is -0.241 e. The number of aromatic nitrogens is 2. The third-order valence-electron chi connectivity index (χ3n) is 2.74. The Balaban J connectivity index is 2.67. The molecule has 0 aliphatic rings. The molecule has 0 aliphatic carbocycles. The second kappa shape index (κ2) is 3.97. The number of hydrogen-bond donors (Lipinski definition) is 0. The van der Waals surface area contributed by atoms with Gasteiger partial charge in [-0.2, -0.15) is 0 Å². The Labute approximate surface area is 90.4 Å². The number of rotatable bonds is 2. The number of benzene rings is 1. The fraction of sp³-hybridized carbons (Fsp3) is 0.385. The Morgan fingerprint density at radius 3 is 2.67 bits per heavy atom. The van der Waals surface area contributed by atoms with Gasteiger partial charge in [0.2, 0.25) is 0 Å². The molecular weight excluding hydrogens is 184 g/mol. The van der Waals surface area contributed by atoms with Gasteiger partial charge in [-0.1, -0.05) is 26.8 Å². The maximum absolute atomic E-state index is 4.31. The minimum atomic E-state index is 0.555. The van der Waals surface area contributed by atoms with Crippen LogP contribution in [0.1, 0.15) is 37.9 Å². The molecule has 0 amide bonds. The van der Waals surface area contributed by atoms with E-state index in [2.05, 4.69) is 48.9 Å². The average molecular weight is 200 g/mol. The third-order valence-corrected chi connectivity index (χ3v) is 2.74. The number of fused-ring (bicyclic) bond motifs is 1. The molecule has 1 heterocycles. The van der Waals surface area contributed by atoms with Crippen molar-refractivity contribution in [2.75, 3.05) is 0 Å². The zero-order valence-electron chi connectivity index (χ0n) is 9.49. The second-order valence-electron chi connectivity index (χ2n) is 4.11. The Kier molecular flexibility index (Phi) is 2.67. The molecular formula is C13H16N2. The maximum atomic E-state index is 4.31. The molecule has 1 aromatic carbocycles. The molecule has 2 rings (SSSR count). The lowest BCUT2D eigenvalue weighted by Gasteiger charge is -2.08. The zero-order chi connectivity index (χ0) is 10.8. The predicted octanol–water partition coefficient (Wildman–Crippen LogP) is 3.32. The van der Waals surface area contributed by atoms with Gasteiger partial charge in [0, 0.05) is 5.39 Å². The van der Waals surface area contributed by atoms with Crippen LogP contribution in [-0.4, -0.2) is 9.97 Å². The summed E-state index contributed by atoms with van der Waals surface area (Å²) in [5.74, 6) is 0.555. The summed E-state index contributed by atoms with van der Waals surface area (Å²) in [6, 6.07) is 6.46. The Morgan fingerprint density at radius 1 is 1.20 bits per heavy atom. The molecule has 0 fully saturated rings. The normalized spacial score (nSPS) is 11.2. The van der Waals surface area contributed by atoms with Gasteiger partial charge < -0.3 is 0 Å². The molecule has 0 saturated heterocycles. The quantitative estimate of drug-likeness (QED) is 0.743. The molecule has 2 aromatic rings. The van der Waals surface area contributed by atoms with Gasteiger partial charge in [0.25, 0.3) is 0 Å². The molecule has 0 N–H and O–H groups in total. The van der Waals surface area contributed by atoms with Crippen molar-refractivity contribution in [3.8, 4) is 0 Å². The van der Waals surface area contributed by atoms with E-state index in [1.807, 2.05) is 0 Å². The summed E-state index contributed by atoms with van der Waals surface area (Å²) in [6.07, 6.45) is 2.61. The van der Waals surface area contributed by atoms with Crippen LogP contribution in [0.3, 0.4) is 0 Å². The van der Waals surface area contributed by atoms with Gasteiger partial charge in [-0.15, -0.1) is 0 Å². The second-order valence-corrected chi connectivity index (χ2v) is 4.11. The van der Waals surface area contributed by atoms with Gasteiger partial charge in [-0.05, 0) is 30.0 Å². The van der Waals surface area contributed by atoms with Crippen LogP contribution in [0.5, 0.6) is 0 Å². The summed E-state index contributed by atoms with van der Waals surface area (Å²) in [6.45, 7) is 6.54. The smallest absolute Gasteiger partial charge is 0.116 e. The van der Waals surface area contributed by atoms with Gasteiger partial charge in [0.15, 0.2) is 0 Å². The standard InChI is InChI=1S/C13H16N2/c1-4-12-11-7-10(9(2)3)5-6-13(11)15-8-14-12/h5-9H,4H2,1-3H3. The number of nitrogens with zero attached hydrogens (tertiary/aromatic N) is 2. The first-order valence-corrected chi connectivity index (χ1v) is 5.46. The van der Waals surface area contributed by atoms with Crippen molar-refractivity contribution in [2.45, 2.75) is 33.1 Å². The van der Waals surface area contributed by atoms with E-state index < -0.39 is 0 Å². The average Bonchev–Trinajstić information content (AvgIpc) is 2.27. The summed E-state index contributed by atoms with van der Waals surface area (Å²) in [7, 11) is 0. The first kappa shape index (κ1) is 10.1. The molecule has 0 unspecified atom stereocenters.